The molecule has 1 N–H and O–H groups in total. The fraction of sp³-hybridized carbons (Fsp3) is 0.241. The van der Waals surface area contributed by atoms with E-state index in [2.05, 4.69) is 48.3 Å². The van der Waals surface area contributed by atoms with E-state index in [1.165, 1.54) is 23.0 Å². The number of thioether (sulfide) groups is 1. The van der Waals surface area contributed by atoms with Crippen molar-refractivity contribution in [3.63, 3.8) is 0 Å². The van der Waals surface area contributed by atoms with Crippen molar-refractivity contribution in [2.75, 3.05) is 36.0 Å². The Kier molecular flexibility index (Phi) is 8.27. The van der Waals surface area contributed by atoms with Crippen LogP contribution < -0.4 is 15.1 Å². The third-order valence-corrected chi connectivity index (χ3v) is 6.98. The van der Waals surface area contributed by atoms with E-state index in [1.54, 1.807) is 4.90 Å². The molecule has 0 saturated heterocycles. The summed E-state index contributed by atoms with van der Waals surface area (Å²) in [6, 6.07) is 26.0. The number of fused-ring (bicyclic) bond motifs is 1. The van der Waals surface area contributed by atoms with Crippen LogP contribution in [0.25, 0.3) is 6.08 Å². The SMILES string of the molecule is CCN(CCCNC(=O)CN1C(=O)/C(=C/c2ccccc2)Sc2ccccc21)c1cccc(C)c1. The predicted molar refractivity (Wildman–Crippen MR) is 146 cm³/mol. The lowest BCUT2D eigenvalue weighted by molar-refractivity contribution is -0.122. The average Bonchev–Trinajstić information content (AvgIpc) is 2.87. The molecule has 1 heterocycles. The summed E-state index contributed by atoms with van der Waals surface area (Å²) in [4.78, 5) is 31.6. The number of amides is 2. The van der Waals surface area contributed by atoms with Crippen LogP contribution in [-0.2, 0) is 9.59 Å². The van der Waals surface area contributed by atoms with E-state index in [0.29, 0.717) is 11.4 Å². The molecule has 1 aliphatic rings. The summed E-state index contributed by atoms with van der Waals surface area (Å²) in [6.07, 6.45) is 2.71. The molecule has 180 valence electrons. The summed E-state index contributed by atoms with van der Waals surface area (Å²) < 4.78 is 0. The van der Waals surface area contributed by atoms with Crippen LogP contribution in [0.3, 0.4) is 0 Å². The molecular weight excluding hydrogens is 454 g/mol. The van der Waals surface area contributed by atoms with E-state index < -0.39 is 0 Å². The zero-order valence-corrected chi connectivity index (χ0v) is 21.1. The van der Waals surface area contributed by atoms with Gasteiger partial charge in [0, 0.05) is 30.2 Å². The summed E-state index contributed by atoms with van der Waals surface area (Å²) in [5.74, 6) is -0.304. The number of benzene rings is 3. The maximum absolute atomic E-state index is 13.3. The van der Waals surface area contributed by atoms with Gasteiger partial charge in [0.05, 0.1) is 10.6 Å². The number of aryl methyl sites for hydroxylation is 1. The normalized spacial score (nSPS) is 14.1. The third kappa shape index (κ3) is 6.34. The van der Waals surface area contributed by atoms with Gasteiger partial charge in [-0.05, 0) is 61.7 Å². The third-order valence-electron chi connectivity index (χ3n) is 5.91. The second-order valence-electron chi connectivity index (χ2n) is 8.50. The number of nitrogens with zero attached hydrogens (tertiary/aromatic N) is 2. The number of nitrogens with one attached hydrogen (secondary N) is 1. The first-order chi connectivity index (χ1) is 17.0. The minimum Gasteiger partial charge on any atom is -0.372 e. The number of rotatable bonds is 9. The van der Waals surface area contributed by atoms with Crippen molar-refractivity contribution in [1.29, 1.82) is 0 Å². The topological polar surface area (TPSA) is 52.7 Å². The van der Waals surface area contributed by atoms with Crippen molar-refractivity contribution in [3.8, 4) is 0 Å². The van der Waals surface area contributed by atoms with Crippen molar-refractivity contribution in [2.24, 2.45) is 0 Å². The first kappa shape index (κ1) is 24.6. The first-order valence-corrected chi connectivity index (χ1v) is 12.8. The second-order valence-corrected chi connectivity index (χ2v) is 9.59. The number of anilines is 2. The van der Waals surface area contributed by atoms with Crippen molar-refractivity contribution < 1.29 is 9.59 Å². The molecule has 0 aromatic heterocycles. The van der Waals surface area contributed by atoms with E-state index in [-0.39, 0.29) is 18.4 Å². The van der Waals surface area contributed by atoms with Crippen LogP contribution in [0, 0.1) is 6.92 Å². The zero-order valence-electron chi connectivity index (χ0n) is 20.2. The average molecular weight is 486 g/mol. The largest absolute Gasteiger partial charge is 0.372 e. The lowest BCUT2D eigenvalue weighted by Gasteiger charge is -2.30. The lowest BCUT2D eigenvalue weighted by atomic mass is 10.2. The van der Waals surface area contributed by atoms with Gasteiger partial charge in [0.2, 0.25) is 5.91 Å². The van der Waals surface area contributed by atoms with Crippen LogP contribution in [0.1, 0.15) is 24.5 Å². The Bertz CT molecular complexity index is 1210. The molecule has 0 atom stereocenters. The van der Waals surface area contributed by atoms with Gasteiger partial charge < -0.3 is 10.2 Å². The highest BCUT2D eigenvalue weighted by atomic mass is 32.2. The molecule has 0 aliphatic carbocycles. The fourth-order valence-electron chi connectivity index (χ4n) is 4.11. The molecule has 3 aromatic rings. The van der Waals surface area contributed by atoms with Gasteiger partial charge in [-0.3, -0.25) is 14.5 Å². The van der Waals surface area contributed by atoms with Gasteiger partial charge in [0.15, 0.2) is 0 Å². The summed E-state index contributed by atoms with van der Waals surface area (Å²) >= 11 is 1.45. The lowest BCUT2D eigenvalue weighted by Crippen LogP contribution is -2.43. The van der Waals surface area contributed by atoms with Crippen LogP contribution >= 0.6 is 11.8 Å². The van der Waals surface area contributed by atoms with E-state index in [0.717, 1.165) is 35.7 Å². The Balaban J connectivity index is 1.37. The monoisotopic (exact) mass is 485 g/mol. The fourth-order valence-corrected chi connectivity index (χ4v) is 5.17. The summed E-state index contributed by atoms with van der Waals surface area (Å²) in [6.45, 7) is 6.55. The molecule has 0 bridgehead atoms. The van der Waals surface area contributed by atoms with Gasteiger partial charge in [0.25, 0.3) is 5.91 Å². The molecule has 0 fully saturated rings. The highest BCUT2D eigenvalue weighted by Gasteiger charge is 2.30. The maximum atomic E-state index is 13.3. The molecule has 2 amide bonds. The van der Waals surface area contributed by atoms with Gasteiger partial charge in [-0.2, -0.15) is 0 Å². The number of hydrogen-bond acceptors (Lipinski definition) is 4. The quantitative estimate of drug-likeness (QED) is 0.321. The van der Waals surface area contributed by atoms with E-state index in [4.69, 9.17) is 0 Å². The minimum atomic E-state index is -0.155. The number of carbonyl (C=O) groups excluding carboxylic acids is 2. The molecular formula is C29H31N3O2S. The Morgan fingerprint density at radius 2 is 1.80 bits per heavy atom. The van der Waals surface area contributed by atoms with E-state index in [1.807, 2.05) is 60.7 Å². The Morgan fingerprint density at radius 3 is 2.57 bits per heavy atom. The first-order valence-electron chi connectivity index (χ1n) is 12.0. The highest BCUT2D eigenvalue weighted by molar-refractivity contribution is 8.04. The van der Waals surface area contributed by atoms with Crippen molar-refractivity contribution >= 4 is 41.0 Å². The Hall–Kier alpha value is -3.51. The van der Waals surface area contributed by atoms with E-state index >= 15 is 0 Å². The van der Waals surface area contributed by atoms with E-state index in [9.17, 15) is 9.59 Å². The van der Waals surface area contributed by atoms with Gasteiger partial charge in [-0.1, -0.05) is 66.4 Å². The smallest absolute Gasteiger partial charge is 0.265 e. The highest BCUT2D eigenvalue weighted by Crippen LogP contribution is 2.41. The molecule has 5 nitrogen and oxygen atoms in total. The molecule has 0 saturated carbocycles. The maximum Gasteiger partial charge on any atom is 0.265 e. The minimum absolute atomic E-state index is 0.00208. The van der Waals surface area contributed by atoms with Crippen molar-refractivity contribution in [1.82, 2.24) is 5.32 Å². The molecule has 35 heavy (non-hydrogen) atoms. The van der Waals surface area contributed by atoms with Crippen LogP contribution in [0.4, 0.5) is 11.4 Å². The molecule has 1 aliphatic heterocycles. The van der Waals surface area contributed by atoms with Gasteiger partial charge >= 0.3 is 0 Å². The van der Waals surface area contributed by atoms with Crippen molar-refractivity contribution in [2.45, 2.75) is 25.2 Å². The predicted octanol–water partition coefficient (Wildman–Crippen LogP) is 5.51. The summed E-state index contributed by atoms with van der Waals surface area (Å²) in [5.41, 5.74) is 4.17. The van der Waals surface area contributed by atoms with Crippen LogP contribution in [-0.4, -0.2) is 38.0 Å². The molecule has 0 spiro atoms. The van der Waals surface area contributed by atoms with Gasteiger partial charge in [-0.15, -0.1) is 0 Å². The summed E-state index contributed by atoms with van der Waals surface area (Å²) in [5, 5.41) is 3.00. The van der Waals surface area contributed by atoms with Crippen molar-refractivity contribution in [3.05, 3.63) is 94.9 Å². The van der Waals surface area contributed by atoms with Gasteiger partial charge in [-0.25, -0.2) is 0 Å². The van der Waals surface area contributed by atoms with Crippen LogP contribution in [0.5, 0.6) is 0 Å². The molecule has 0 radical (unpaired) electrons. The zero-order chi connectivity index (χ0) is 24.6. The molecule has 3 aromatic carbocycles. The number of hydrogen-bond donors (Lipinski definition) is 1. The Labute approximate surface area is 211 Å². The summed E-state index contributed by atoms with van der Waals surface area (Å²) in [7, 11) is 0. The molecule has 0 unspecified atom stereocenters. The Morgan fingerprint density at radius 1 is 1.03 bits per heavy atom. The molecule has 6 heteroatoms. The number of para-hydroxylation sites is 1. The number of carbonyl (C=O) groups is 2. The molecule has 4 rings (SSSR count). The standard InChI is InChI=1S/C29H31N3O2S/c1-3-31(24-14-9-11-22(2)19-24)18-10-17-30-28(33)21-32-25-15-7-8-16-26(25)35-27(29(32)34)20-23-12-5-4-6-13-23/h4-9,11-16,19-20H,3,10,17-18,21H2,1-2H3,(H,30,33)/b27-20-. The second kappa shape index (κ2) is 11.8. The van der Waals surface area contributed by atoms with Crippen LogP contribution in [0.15, 0.2) is 88.7 Å². The van der Waals surface area contributed by atoms with Crippen LogP contribution in [0.2, 0.25) is 0 Å². The van der Waals surface area contributed by atoms with Gasteiger partial charge in [0.1, 0.15) is 6.54 Å².